The smallest absolute Gasteiger partial charge is 0.417 e. The third-order valence-corrected chi connectivity index (χ3v) is 5.41. The summed E-state index contributed by atoms with van der Waals surface area (Å²) >= 11 is 0. The number of hydrogen-bond acceptors (Lipinski definition) is 3. The molecular weight excluding hydrogens is 365 g/mol. The van der Waals surface area contributed by atoms with Gasteiger partial charge in [0.25, 0.3) is 0 Å². The van der Waals surface area contributed by atoms with Crippen molar-refractivity contribution in [2.45, 2.75) is 71.1 Å². The second-order valence-corrected chi connectivity index (χ2v) is 8.80. The summed E-state index contributed by atoms with van der Waals surface area (Å²) in [4.78, 5) is 8.41. The number of aromatic nitrogens is 2. The van der Waals surface area contributed by atoms with Gasteiger partial charge in [-0.3, -0.25) is 9.97 Å². The molecule has 0 bridgehead atoms. The van der Waals surface area contributed by atoms with E-state index in [1.54, 1.807) is 12.4 Å². The van der Waals surface area contributed by atoms with E-state index in [0.717, 1.165) is 23.9 Å². The first kappa shape index (κ1) is 20.6. The summed E-state index contributed by atoms with van der Waals surface area (Å²) in [6.45, 7) is 10.1. The molecule has 152 valence electrons. The van der Waals surface area contributed by atoms with Crippen LogP contribution in [0.1, 0.15) is 75.3 Å². The molecule has 0 fully saturated rings. The Morgan fingerprint density at radius 2 is 1.82 bits per heavy atom. The third-order valence-electron chi connectivity index (χ3n) is 5.41. The van der Waals surface area contributed by atoms with Crippen molar-refractivity contribution >= 4 is 0 Å². The summed E-state index contributed by atoms with van der Waals surface area (Å²) in [6.07, 6.45) is 1.34. The van der Waals surface area contributed by atoms with Crippen LogP contribution in [0.15, 0.2) is 30.7 Å². The maximum absolute atomic E-state index is 13.2. The summed E-state index contributed by atoms with van der Waals surface area (Å²) in [7, 11) is 0. The maximum Gasteiger partial charge on any atom is 0.417 e. The minimum atomic E-state index is -4.39. The van der Waals surface area contributed by atoms with Crippen LogP contribution >= 0.6 is 0 Å². The molecule has 0 spiro atoms. The molecule has 0 aromatic carbocycles. The van der Waals surface area contributed by atoms with Crippen molar-refractivity contribution in [1.29, 1.82) is 0 Å². The molecule has 0 aliphatic heterocycles. The minimum absolute atomic E-state index is 0.0457. The predicted molar refractivity (Wildman–Crippen MR) is 102 cm³/mol. The average molecular weight is 392 g/mol. The molecular formula is C22H27F3N2O. The number of pyridine rings is 2. The Hall–Kier alpha value is -2.11. The fourth-order valence-electron chi connectivity index (χ4n) is 3.90. The molecule has 1 aliphatic carbocycles. The van der Waals surface area contributed by atoms with Gasteiger partial charge in [0, 0.05) is 29.6 Å². The van der Waals surface area contributed by atoms with Crippen LogP contribution in [0.25, 0.3) is 0 Å². The lowest BCUT2D eigenvalue weighted by molar-refractivity contribution is -0.137. The topological polar surface area (TPSA) is 35.0 Å². The number of hydrogen-bond donors (Lipinski definition) is 0. The minimum Gasteiger partial charge on any atom is -0.486 e. The van der Waals surface area contributed by atoms with E-state index in [2.05, 4.69) is 16.9 Å². The monoisotopic (exact) mass is 392 g/mol. The lowest BCUT2D eigenvalue weighted by atomic mass is 9.84. The first-order valence-electron chi connectivity index (χ1n) is 9.64. The van der Waals surface area contributed by atoms with Crippen molar-refractivity contribution in [3.05, 3.63) is 53.1 Å². The van der Waals surface area contributed by atoms with Crippen molar-refractivity contribution in [1.82, 2.24) is 9.97 Å². The van der Waals surface area contributed by atoms with Gasteiger partial charge in [-0.05, 0) is 63.1 Å². The molecule has 2 aromatic rings. The highest BCUT2D eigenvalue weighted by molar-refractivity contribution is 5.38. The number of alkyl halides is 3. The first-order chi connectivity index (χ1) is 13.0. The first-order valence-corrected chi connectivity index (χ1v) is 9.64. The SMILES string of the molecule is CC1CC(c2ccncc2OC(C)(C)C)Cc2cc(C(F)(F)F)cnc2C1C. The van der Waals surface area contributed by atoms with E-state index in [1.165, 1.54) is 6.07 Å². The molecule has 0 N–H and O–H groups in total. The Morgan fingerprint density at radius 3 is 2.46 bits per heavy atom. The lowest BCUT2D eigenvalue weighted by Gasteiger charge is -2.26. The average Bonchev–Trinajstić information content (AvgIpc) is 2.70. The summed E-state index contributed by atoms with van der Waals surface area (Å²) < 4.78 is 45.8. The zero-order valence-electron chi connectivity index (χ0n) is 17.0. The van der Waals surface area contributed by atoms with Gasteiger partial charge in [-0.2, -0.15) is 13.2 Å². The van der Waals surface area contributed by atoms with Gasteiger partial charge >= 0.3 is 6.18 Å². The molecule has 0 amide bonds. The van der Waals surface area contributed by atoms with Crippen LogP contribution in [0.2, 0.25) is 0 Å². The molecule has 2 aromatic heterocycles. The second kappa shape index (κ2) is 7.37. The molecule has 2 heterocycles. The highest BCUT2D eigenvalue weighted by atomic mass is 19.4. The van der Waals surface area contributed by atoms with E-state index in [1.807, 2.05) is 33.8 Å². The van der Waals surface area contributed by atoms with Gasteiger partial charge in [-0.25, -0.2) is 0 Å². The Kier molecular flexibility index (Phi) is 5.43. The van der Waals surface area contributed by atoms with E-state index in [9.17, 15) is 13.2 Å². The quantitative estimate of drug-likeness (QED) is 0.576. The van der Waals surface area contributed by atoms with Crippen LogP contribution in [0, 0.1) is 5.92 Å². The number of nitrogens with zero attached hydrogens (tertiary/aromatic N) is 2. The van der Waals surface area contributed by atoms with E-state index in [4.69, 9.17) is 4.74 Å². The van der Waals surface area contributed by atoms with E-state index >= 15 is 0 Å². The molecule has 6 heteroatoms. The van der Waals surface area contributed by atoms with Gasteiger partial charge < -0.3 is 4.74 Å². The molecule has 0 saturated carbocycles. The summed E-state index contributed by atoms with van der Waals surface area (Å²) in [5.74, 6) is 1.12. The summed E-state index contributed by atoms with van der Waals surface area (Å²) in [5, 5.41) is 0. The fraction of sp³-hybridized carbons (Fsp3) is 0.545. The molecule has 0 saturated heterocycles. The van der Waals surface area contributed by atoms with Crippen LogP contribution in [-0.2, 0) is 12.6 Å². The van der Waals surface area contributed by atoms with Crippen molar-refractivity contribution in [2.75, 3.05) is 0 Å². The highest BCUT2D eigenvalue weighted by Gasteiger charge is 2.35. The Labute approximate surface area is 164 Å². The van der Waals surface area contributed by atoms with Crippen molar-refractivity contribution in [3.63, 3.8) is 0 Å². The van der Waals surface area contributed by atoms with Crippen LogP contribution < -0.4 is 4.74 Å². The van der Waals surface area contributed by atoms with E-state index < -0.39 is 11.7 Å². The summed E-state index contributed by atoms with van der Waals surface area (Å²) in [6, 6.07) is 3.20. The molecule has 3 atom stereocenters. The molecule has 3 unspecified atom stereocenters. The van der Waals surface area contributed by atoms with Gasteiger partial charge in [-0.15, -0.1) is 0 Å². The Balaban J connectivity index is 2.04. The predicted octanol–water partition coefficient (Wildman–Crippen LogP) is 6.14. The summed E-state index contributed by atoms with van der Waals surface area (Å²) in [5.41, 5.74) is 1.37. The van der Waals surface area contributed by atoms with Gasteiger partial charge in [0.1, 0.15) is 11.4 Å². The van der Waals surface area contributed by atoms with Crippen LogP contribution in [0.4, 0.5) is 13.2 Å². The number of halogens is 3. The normalized spacial score (nSPS) is 23.1. The zero-order valence-corrected chi connectivity index (χ0v) is 17.0. The number of fused-ring (bicyclic) bond motifs is 1. The fourth-order valence-corrected chi connectivity index (χ4v) is 3.90. The molecule has 3 nitrogen and oxygen atoms in total. The van der Waals surface area contributed by atoms with Crippen molar-refractivity contribution < 1.29 is 17.9 Å². The second-order valence-electron chi connectivity index (χ2n) is 8.80. The molecule has 0 radical (unpaired) electrons. The van der Waals surface area contributed by atoms with Crippen LogP contribution in [-0.4, -0.2) is 15.6 Å². The zero-order chi connectivity index (χ0) is 20.7. The van der Waals surface area contributed by atoms with Gasteiger partial charge in [0.05, 0.1) is 11.8 Å². The molecule has 3 rings (SSSR count). The Bertz CT molecular complexity index is 842. The lowest BCUT2D eigenvalue weighted by Crippen LogP contribution is -2.24. The molecule has 28 heavy (non-hydrogen) atoms. The third kappa shape index (κ3) is 4.47. The van der Waals surface area contributed by atoms with E-state index in [0.29, 0.717) is 17.7 Å². The Morgan fingerprint density at radius 1 is 1.11 bits per heavy atom. The van der Waals surface area contributed by atoms with Crippen LogP contribution in [0.5, 0.6) is 5.75 Å². The maximum atomic E-state index is 13.2. The number of ether oxygens (including phenoxy) is 1. The molecule has 1 aliphatic rings. The van der Waals surface area contributed by atoms with Crippen LogP contribution in [0.3, 0.4) is 0 Å². The van der Waals surface area contributed by atoms with Crippen molar-refractivity contribution in [3.8, 4) is 5.75 Å². The van der Waals surface area contributed by atoms with Crippen molar-refractivity contribution in [2.24, 2.45) is 5.92 Å². The highest BCUT2D eigenvalue weighted by Crippen LogP contribution is 2.43. The van der Waals surface area contributed by atoms with Gasteiger partial charge in [-0.1, -0.05) is 13.8 Å². The van der Waals surface area contributed by atoms with Gasteiger partial charge in [0.15, 0.2) is 0 Å². The van der Waals surface area contributed by atoms with E-state index in [-0.39, 0.29) is 23.4 Å². The standard InChI is InChI=1S/C22H27F3N2O/c1-13-8-15(18-6-7-26-12-19(18)28-21(3,4)5)9-16-10-17(22(23,24)25)11-27-20(16)14(13)2/h6-7,10-15H,8-9H2,1-5H3. The van der Waals surface area contributed by atoms with Gasteiger partial charge in [0.2, 0.25) is 0 Å². The largest absolute Gasteiger partial charge is 0.486 e. The number of rotatable bonds is 2.